The van der Waals surface area contributed by atoms with E-state index < -0.39 is 10.1 Å². The largest absolute Gasteiger partial charge is 0.468 e. The second kappa shape index (κ2) is 8.28. The van der Waals surface area contributed by atoms with Crippen LogP contribution in [0.4, 0.5) is 0 Å². The molecule has 0 radical (unpaired) electrons. The molecule has 0 aliphatic carbocycles. The van der Waals surface area contributed by atoms with E-state index in [2.05, 4.69) is 19.9 Å². The van der Waals surface area contributed by atoms with Gasteiger partial charge in [-0.1, -0.05) is 38.1 Å². The predicted octanol–water partition coefficient (Wildman–Crippen LogP) is 4.00. The fourth-order valence-corrected chi connectivity index (χ4v) is 2.65. The molecule has 2 rings (SSSR count). The molecule has 0 heterocycles. The van der Waals surface area contributed by atoms with Crippen LogP contribution in [-0.2, 0) is 21.5 Å². The standard InChI is InChI=1S/C18H22O5S/c1-3-14(2)16-5-4-6-17(11-16)23-13-22-12-15-7-9-18(10-8-15)24(19,20)21/h4-11,14H,3,12-13H2,1-2H3,(H,19,20,21). The Morgan fingerprint density at radius 3 is 2.46 bits per heavy atom. The minimum atomic E-state index is -4.16. The molecule has 0 saturated heterocycles. The highest BCUT2D eigenvalue weighted by atomic mass is 32.2. The fraction of sp³-hybridized carbons (Fsp3) is 0.333. The zero-order chi connectivity index (χ0) is 17.6. The van der Waals surface area contributed by atoms with Gasteiger partial charge in [0, 0.05) is 0 Å². The third kappa shape index (κ3) is 5.33. The van der Waals surface area contributed by atoms with Crippen molar-refractivity contribution in [2.24, 2.45) is 0 Å². The summed E-state index contributed by atoms with van der Waals surface area (Å²) in [5, 5.41) is 0. The Morgan fingerprint density at radius 1 is 1.12 bits per heavy atom. The Hall–Kier alpha value is -1.89. The molecule has 0 bridgehead atoms. The van der Waals surface area contributed by atoms with Crippen LogP contribution >= 0.6 is 0 Å². The number of hydrogen-bond acceptors (Lipinski definition) is 4. The summed E-state index contributed by atoms with van der Waals surface area (Å²) in [6.07, 6.45) is 1.07. The Bertz CT molecular complexity index is 753. The fourth-order valence-electron chi connectivity index (χ4n) is 2.17. The van der Waals surface area contributed by atoms with Gasteiger partial charge >= 0.3 is 0 Å². The summed E-state index contributed by atoms with van der Waals surface area (Å²) in [6.45, 7) is 4.71. The molecule has 1 unspecified atom stereocenters. The van der Waals surface area contributed by atoms with Crippen LogP contribution in [0.2, 0.25) is 0 Å². The Kier molecular flexibility index (Phi) is 6.36. The summed E-state index contributed by atoms with van der Waals surface area (Å²) in [5.74, 6) is 1.24. The van der Waals surface area contributed by atoms with Crippen molar-refractivity contribution in [3.63, 3.8) is 0 Å². The number of benzene rings is 2. The molecule has 0 amide bonds. The molecule has 1 atom stereocenters. The average Bonchev–Trinajstić information content (AvgIpc) is 2.58. The quantitative estimate of drug-likeness (QED) is 0.442. The molecule has 5 nitrogen and oxygen atoms in total. The van der Waals surface area contributed by atoms with E-state index in [1.54, 1.807) is 12.1 Å². The lowest BCUT2D eigenvalue weighted by Gasteiger charge is -2.12. The van der Waals surface area contributed by atoms with Crippen molar-refractivity contribution in [2.75, 3.05) is 6.79 Å². The first kappa shape index (κ1) is 18.4. The molecule has 0 aromatic heterocycles. The smallest absolute Gasteiger partial charge is 0.294 e. The molecule has 1 N–H and O–H groups in total. The first-order chi connectivity index (χ1) is 11.4. The highest BCUT2D eigenvalue weighted by Crippen LogP contribution is 2.23. The van der Waals surface area contributed by atoms with Gasteiger partial charge in [0.1, 0.15) is 5.75 Å². The highest BCUT2D eigenvalue weighted by molar-refractivity contribution is 7.85. The molecule has 130 valence electrons. The average molecular weight is 350 g/mol. The Morgan fingerprint density at radius 2 is 1.83 bits per heavy atom. The van der Waals surface area contributed by atoms with Gasteiger partial charge in [0.05, 0.1) is 11.5 Å². The van der Waals surface area contributed by atoms with Crippen molar-refractivity contribution in [2.45, 2.75) is 37.7 Å². The lowest BCUT2D eigenvalue weighted by Crippen LogP contribution is -2.04. The van der Waals surface area contributed by atoms with Crippen LogP contribution in [0.5, 0.6) is 5.75 Å². The topological polar surface area (TPSA) is 72.8 Å². The van der Waals surface area contributed by atoms with Gasteiger partial charge < -0.3 is 9.47 Å². The summed E-state index contributed by atoms with van der Waals surface area (Å²) < 4.78 is 41.9. The van der Waals surface area contributed by atoms with Crippen molar-refractivity contribution < 1.29 is 22.4 Å². The molecule has 6 heteroatoms. The van der Waals surface area contributed by atoms with E-state index in [1.165, 1.54) is 17.7 Å². The van der Waals surface area contributed by atoms with Crippen molar-refractivity contribution >= 4 is 10.1 Å². The first-order valence-electron chi connectivity index (χ1n) is 7.77. The minimum Gasteiger partial charge on any atom is -0.468 e. The van der Waals surface area contributed by atoms with Gasteiger partial charge in [0.25, 0.3) is 10.1 Å². The van der Waals surface area contributed by atoms with Gasteiger partial charge in [-0.25, -0.2) is 0 Å². The molecular formula is C18H22O5S. The van der Waals surface area contributed by atoms with Gasteiger partial charge in [0.2, 0.25) is 0 Å². The summed E-state index contributed by atoms with van der Waals surface area (Å²) in [6, 6.07) is 13.8. The van der Waals surface area contributed by atoms with E-state index in [0.717, 1.165) is 17.7 Å². The van der Waals surface area contributed by atoms with Crippen molar-refractivity contribution in [1.82, 2.24) is 0 Å². The van der Waals surface area contributed by atoms with Gasteiger partial charge in [-0.15, -0.1) is 0 Å². The monoisotopic (exact) mass is 350 g/mol. The molecule has 24 heavy (non-hydrogen) atoms. The van der Waals surface area contributed by atoms with Gasteiger partial charge in [-0.2, -0.15) is 8.42 Å². The SMILES string of the molecule is CCC(C)c1cccc(OCOCc2ccc(S(=O)(=O)O)cc2)c1. The second-order valence-corrected chi connectivity index (χ2v) is 7.03. The van der Waals surface area contributed by atoms with Crippen molar-refractivity contribution in [3.8, 4) is 5.75 Å². The third-order valence-electron chi connectivity index (χ3n) is 3.84. The summed E-state index contributed by atoms with van der Waals surface area (Å²) in [4.78, 5) is -0.135. The van der Waals surface area contributed by atoms with E-state index in [4.69, 9.17) is 14.0 Å². The van der Waals surface area contributed by atoms with Crippen molar-refractivity contribution in [3.05, 3.63) is 59.7 Å². The van der Waals surface area contributed by atoms with E-state index in [0.29, 0.717) is 5.92 Å². The highest BCUT2D eigenvalue weighted by Gasteiger charge is 2.08. The molecule has 2 aromatic carbocycles. The summed E-state index contributed by atoms with van der Waals surface area (Å²) in [7, 11) is -4.16. The van der Waals surface area contributed by atoms with Crippen LogP contribution in [0, 0.1) is 0 Å². The zero-order valence-corrected chi connectivity index (χ0v) is 14.6. The van der Waals surface area contributed by atoms with Crippen LogP contribution in [0.15, 0.2) is 53.4 Å². The summed E-state index contributed by atoms with van der Waals surface area (Å²) in [5.41, 5.74) is 2.02. The molecule has 0 fully saturated rings. The number of ether oxygens (including phenoxy) is 2. The maximum absolute atomic E-state index is 11.0. The van der Waals surface area contributed by atoms with Gasteiger partial charge in [-0.3, -0.25) is 4.55 Å². The minimum absolute atomic E-state index is 0.101. The zero-order valence-electron chi connectivity index (χ0n) is 13.8. The Labute approximate surface area is 143 Å². The molecule has 2 aromatic rings. The van der Waals surface area contributed by atoms with Crippen LogP contribution in [0.1, 0.15) is 37.3 Å². The first-order valence-corrected chi connectivity index (χ1v) is 9.21. The van der Waals surface area contributed by atoms with Crippen LogP contribution < -0.4 is 4.74 Å². The maximum atomic E-state index is 11.0. The van der Waals surface area contributed by atoms with Crippen LogP contribution in [0.25, 0.3) is 0 Å². The second-order valence-electron chi connectivity index (χ2n) is 5.61. The van der Waals surface area contributed by atoms with Gasteiger partial charge in [0.15, 0.2) is 6.79 Å². The normalized spacial score (nSPS) is 12.8. The molecule has 0 saturated carbocycles. The lowest BCUT2D eigenvalue weighted by atomic mass is 9.99. The van der Waals surface area contributed by atoms with Crippen LogP contribution in [-0.4, -0.2) is 19.8 Å². The van der Waals surface area contributed by atoms with Crippen molar-refractivity contribution in [1.29, 1.82) is 0 Å². The number of rotatable bonds is 8. The number of hydrogen-bond donors (Lipinski definition) is 1. The third-order valence-corrected chi connectivity index (χ3v) is 4.71. The van der Waals surface area contributed by atoms with Gasteiger partial charge in [-0.05, 0) is 47.7 Å². The van der Waals surface area contributed by atoms with Crippen LogP contribution in [0.3, 0.4) is 0 Å². The van der Waals surface area contributed by atoms with E-state index in [-0.39, 0.29) is 18.3 Å². The Balaban J connectivity index is 1.83. The summed E-state index contributed by atoms with van der Waals surface area (Å²) >= 11 is 0. The molecule has 0 spiro atoms. The molecular weight excluding hydrogens is 328 g/mol. The molecule has 0 aliphatic rings. The van der Waals surface area contributed by atoms with E-state index in [9.17, 15) is 8.42 Å². The maximum Gasteiger partial charge on any atom is 0.294 e. The van der Waals surface area contributed by atoms with E-state index in [1.807, 2.05) is 18.2 Å². The molecule has 0 aliphatic heterocycles. The lowest BCUT2D eigenvalue weighted by molar-refractivity contribution is 0.00498. The predicted molar refractivity (Wildman–Crippen MR) is 91.7 cm³/mol. The van der Waals surface area contributed by atoms with E-state index >= 15 is 0 Å².